The fourth-order valence-electron chi connectivity index (χ4n) is 1.92. The molecule has 1 saturated heterocycles. The lowest BCUT2D eigenvalue weighted by atomic mass is 10.1. The van der Waals surface area contributed by atoms with Crippen LogP contribution in [0.4, 0.5) is 5.69 Å². The number of anilines is 1. The molecule has 98 valence electrons. The van der Waals surface area contributed by atoms with Crippen LogP contribution in [0.5, 0.6) is 0 Å². The van der Waals surface area contributed by atoms with Crippen LogP contribution < -0.4 is 5.32 Å². The number of benzene rings is 1. The van der Waals surface area contributed by atoms with E-state index in [1.165, 1.54) is 0 Å². The maximum absolute atomic E-state index is 11.9. The third kappa shape index (κ3) is 3.11. The summed E-state index contributed by atoms with van der Waals surface area (Å²) in [6, 6.07) is 5.52. The molecule has 18 heavy (non-hydrogen) atoms. The van der Waals surface area contributed by atoms with E-state index in [9.17, 15) is 13.2 Å². The Kier molecular flexibility index (Phi) is 3.77. The Bertz CT molecular complexity index is 583. The molecule has 1 amide bonds. The topological polar surface area (TPSA) is 63.2 Å². The molecule has 1 aromatic rings. The minimum atomic E-state index is -3.02. The van der Waals surface area contributed by atoms with Crippen molar-refractivity contribution in [2.75, 3.05) is 16.8 Å². The van der Waals surface area contributed by atoms with E-state index in [0.29, 0.717) is 12.1 Å². The molecule has 4 nitrogen and oxygen atoms in total. The molecule has 1 atom stereocenters. The monoisotopic (exact) mass is 331 g/mol. The second-order valence-corrected chi connectivity index (χ2v) is 7.64. The number of halogens is 1. The molecule has 1 heterocycles. The first kappa shape index (κ1) is 13.5. The molecule has 0 bridgehead atoms. The maximum atomic E-state index is 11.9. The number of rotatable bonds is 2. The number of carbonyl (C=O) groups is 1. The lowest BCUT2D eigenvalue weighted by Gasteiger charge is -2.10. The zero-order chi connectivity index (χ0) is 13.3. The SMILES string of the molecule is Cc1ccc(NC(=O)C2CCS(=O)(=O)C2)cc1Br. The van der Waals surface area contributed by atoms with Gasteiger partial charge in [0.25, 0.3) is 0 Å². The number of nitrogens with one attached hydrogen (secondary N) is 1. The molecule has 1 unspecified atom stereocenters. The van der Waals surface area contributed by atoms with Gasteiger partial charge in [0.05, 0.1) is 17.4 Å². The molecule has 0 aliphatic carbocycles. The second-order valence-electron chi connectivity index (χ2n) is 4.55. The van der Waals surface area contributed by atoms with Crippen LogP contribution in [0.25, 0.3) is 0 Å². The van der Waals surface area contributed by atoms with E-state index in [4.69, 9.17) is 0 Å². The van der Waals surface area contributed by atoms with Crippen LogP contribution in [0.1, 0.15) is 12.0 Å². The van der Waals surface area contributed by atoms with Crippen LogP contribution in [0.3, 0.4) is 0 Å². The molecule has 1 aromatic carbocycles. The van der Waals surface area contributed by atoms with Gasteiger partial charge in [0, 0.05) is 10.2 Å². The smallest absolute Gasteiger partial charge is 0.228 e. The number of carbonyl (C=O) groups excluding carboxylic acids is 1. The summed E-state index contributed by atoms with van der Waals surface area (Å²) in [7, 11) is -3.02. The summed E-state index contributed by atoms with van der Waals surface area (Å²) < 4.78 is 23.5. The number of hydrogen-bond acceptors (Lipinski definition) is 3. The highest BCUT2D eigenvalue weighted by Crippen LogP contribution is 2.23. The highest BCUT2D eigenvalue weighted by Gasteiger charge is 2.32. The fourth-order valence-corrected chi connectivity index (χ4v) is 4.04. The lowest BCUT2D eigenvalue weighted by Crippen LogP contribution is -2.23. The van der Waals surface area contributed by atoms with Gasteiger partial charge < -0.3 is 5.32 Å². The van der Waals surface area contributed by atoms with Gasteiger partial charge in [-0.1, -0.05) is 22.0 Å². The van der Waals surface area contributed by atoms with Gasteiger partial charge in [-0.25, -0.2) is 8.42 Å². The molecule has 6 heteroatoms. The molecule has 0 aromatic heterocycles. The van der Waals surface area contributed by atoms with Crippen LogP contribution >= 0.6 is 15.9 Å². The van der Waals surface area contributed by atoms with E-state index in [1.807, 2.05) is 19.1 Å². The highest BCUT2D eigenvalue weighted by atomic mass is 79.9. The Hall–Kier alpha value is -0.880. The van der Waals surface area contributed by atoms with E-state index >= 15 is 0 Å². The van der Waals surface area contributed by atoms with E-state index in [1.54, 1.807) is 6.07 Å². The Morgan fingerprint density at radius 1 is 1.44 bits per heavy atom. The number of hydrogen-bond donors (Lipinski definition) is 1. The molecule has 1 aliphatic rings. The number of sulfone groups is 1. The average molecular weight is 332 g/mol. The van der Waals surface area contributed by atoms with Gasteiger partial charge in [0.15, 0.2) is 9.84 Å². The molecule has 2 rings (SSSR count). The van der Waals surface area contributed by atoms with Gasteiger partial charge in [0.2, 0.25) is 5.91 Å². The van der Waals surface area contributed by atoms with Crippen molar-refractivity contribution in [3.63, 3.8) is 0 Å². The predicted octanol–water partition coefficient (Wildman–Crippen LogP) is 2.13. The van der Waals surface area contributed by atoms with Crippen molar-refractivity contribution in [2.45, 2.75) is 13.3 Å². The summed E-state index contributed by atoms with van der Waals surface area (Å²) >= 11 is 3.39. The van der Waals surface area contributed by atoms with Crippen molar-refractivity contribution in [1.82, 2.24) is 0 Å². The van der Waals surface area contributed by atoms with Crippen molar-refractivity contribution in [1.29, 1.82) is 0 Å². The number of aryl methyl sites for hydroxylation is 1. The minimum Gasteiger partial charge on any atom is -0.326 e. The van der Waals surface area contributed by atoms with E-state index < -0.39 is 15.8 Å². The van der Waals surface area contributed by atoms with Crippen LogP contribution in [-0.4, -0.2) is 25.8 Å². The third-order valence-electron chi connectivity index (χ3n) is 3.04. The normalized spacial score (nSPS) is 21.8. The summed E-state index contributed by atoms with van der Waals surface area (Å²) in [4.78, 5) is 11.9. The molecule has 1 N–H and O–H groups in total. The fraction of sp³-hybridized carbons (Fsp3) is 0.417. The Labute approximate surface area is 115 Å². The van der Waals surface area contributed by atoms with E-state index in [0.717, 1.165) is 10.0 Å². The zero-order valence-electron chi connectivity index (χ0n) is 9.94. The Morgan fingerprint density at radius 3 is 2.72 bits per heavy atom. The Morgan fingerprint density at radius 2 is 2.17 bits per heavy atom. The number of amides is 1. The summed E-state index contributed by atoms with van der Waals surface area (Å²) in [5.41, 5.74) is 1.76. The molecule has 1 aliphatic heterocycles. The molecule has 0 radical (unpaired) electrons. The zero-order valence-corrected chi connectivity index (χ0v) is 12.3. The van der Waals surface area contributed by atoms with Crippen molar-refractivity contribution < 1.29 is 13.2 Å². The van der Waals surface area contributed by atoms with Gasteiger partial charge in [-0.2, -0.15) is 0 Å². The Balaban J connectivity index is 2.06. The summed E-state index contributed by atoms with van der Waals surface area (Å²) in [6.07, 6.45) is 0.418. The van der Waals surface area contributed by atoms with Crippen molar-refractivity contribution in [3.8, 4) is 0 Å². The minimum absolute atomic E-state index is 0.0358. The molecule has 0 saturated carbocycles. The van der Waals surface area contributed by atoms with E-state index in [2.05, 4.69) is 21.2 Å². The van der Waals surface area contributed by atoms with Crippen molar-refractivity contribution in [3.05, 3.63) is 28.2 Å². The van der Waals surface area contributed by atoms with Gasteiger partial charge in [-0.3, -0.25) is 4.79 Å². The average Bonchev–Trinajstić information content (AvgIpc) is 2.64. The second kappa shape index (κ2) is 5.01. The highest BCUT2D eigenvalue weighted by molar-refractivity contribution is 9.10. The van der Waals surface area contributed by atoms with Gasteiger partial charge in [0.1, 0.15) is 0 Å². The molecular formula is C12H14BrNO3S. The van der Waals surface area contributed by atoms with Crippen LogP contribution in [-0.2, 0) is 14.6 Å². The summed E-state index contributed by atoms with van der Waals surface area (Å²) in [6.45, 7) is 1.96. The maximum Gasteiger partial charge on any atom is 0.228 e. The first-order valence-electron chi connectivity index (χ1n) is 5.65. The lowest BCUT2D eigenvalue weighted by molar-refractivity contribution is -0.119. The molecule has 1 fully saturated rings. The van der Waals surface area contributed by atoms with Crippen LogP contribution in [0.2, 0.25) is 0 Å². The van der Waals surface area contributed by atoms with Crippen LogP contribution in [0.15, 0.2) is 22.7 Å². The van der Waals surface area contributed by atoms with Crippen LogP contribution in [0, 0.1) is 12.8 Å². The van der Waals surface area contributed by atoms with Gasteiger partial charge in [-0.05, 0) is 31.0 Å². The first-order chi connectivity index (χ1) is 8.37. The van der Waals surface area contributed by atoms with Crippen molar-refractivity contribution in [2.24, 2.45) is 5.92 Å². The predicted molar refractivity (Wildman–Crippen MR) is 74.3 cm³/mol. The summed E-state index contributed by atoms with van der Waals surface area (Å²) in [5.74, 6) is -0.559. The summed E-state index contributed by atoms with van der Waals surface area (Å²) in [5, 5.41) is 2.76. The third-order valence-corrected chi connectivity index (χ3v) is 5.66. The largest absolute Gasteiger partial charge is 0.326 e. The van der Waals surface area contributed by atoms with E-state index in [-0.39, 0.29) is 17.4 Å². The molecular weight excluding hydrogens is 318 g/mol. The first-order valence-corrected chi connectivity index (χ1v) is 8.26. The van der Waals surface area contributed by atoms with Gasteiger partial charge >= 0.3 is 0 Å². The molecule has 0 spiro atoms. The standard InChI is InChI=1S/C12H14BrNO3S/c1-8-2-3-10(6-11(8)13)14-12(15)9-4-5-18(16,17)7-9/h2-3,6,9H,4-5,7H2,1H3,(H,14,15). The quantitative estimate of drug-likeness (QED) is 0.902. The van der Waals surface area contributed by atoms with Gasteiger partial charge in [-0.15, -0.1) is 0 Å². The van der Waals surface area contributed by atoms with Crippen molar-refractivity contribution >= 4 is 37.4 Å².